The van der Waals surface area contributed by atoms with Gasteiger partial charge >= 0.3 is 12.4 Å². The Morgan fingerprint density at radius 1 is 0.448 bits per heavy atom. The lowest BCUT2D eigenvalue weighted by Gasteiger charge is -2.33. The molecule has 0 N–H and O–H groups in total. The zero-order valence-electron chi connectivity index (χ0n) is 45.8. The summed E-state index contributed by atoms with van der Waals surface area (Å²) in [4.78, 5) is 0. The molecule has 3 aliphatic rings. The fraction of sp³-hybridized carbons (Fsp3) is 0.110. The number of alkyl halides is 10. The Hall–Kier alpha value is -10.1. The number of hydrogen-bond acceptors (Lipinski definition) is 1. The topological polar surface area (TPSA) is 38.6 Å². The molecule has 14 heteroatoms. The van der Waals surface area contributed by atoms with Gasteiger partial charge < -0.3 is 13.7 Å². The number of rotatable bonds is 6. The van der Waals surface area contributed by atoms with Crippen LogP contribution in [0.2, 0.25) is 0 Å². The first-order chi connectivity index (χ1) is 41.8. The maximum atomic E-state index is 18.4. The van der Waals surface area contributed by atoms with Crippen LogP contribution in [-0.2, 0) is 24.2 Å². The van der Waals surface area contributed by atoms with E-state index in [1.54, 1.807) is 57.7 Å². The van der Waals surface area contributed by atoms with Crippen LogP contribution in [-0.4, -0.2) is 13.7 Å². The molecular weight excluding hydrogens is 1120 g/mol. The van der Waals surface area contributed by atoms with Crippen LogP contribution in [0.15, 0.2) is 218 Å². The Balaban J connectivity index is 1.27. The van der Waals surface area contributed by atoms with Crippen molar-refractivity contribution in [2.24, 2.45) is 0 Å². The molecule has 4 nitrogen and oxygen atoms in total. The molecule has 426 valence electrons. The highest BCUT2D eigenvalue weighted by Crippen LogP contribution is 2.57. The Morgan fingerprint density at radius 2 is 0.885 bits per heavy atom. The highest BCUT2D eigenvalue weighted by atomic mass is 19.4. The lowest BCUT2D eigenvalue weighted by Crippen LogP contribution is -2.23. The number of halogens is 10. The van der Waals surface area contributed by atoms with Gasteiger partial charge in [-0.25, -0.2) is 17.6 Å². The Kier molecular flexibility index (Phi) is 11.8. The number of allylic oxidation sites excluding steroid dienone is 1. The third-order valence-electron chi connectivity index (χ3n) is 17.5. The predicted molar refractivity (Wildman–Crippen MR) is 322 cm³/mol. The first kappa shape index (κ1) is 53.6. The fourth-order valence-corrected chi connectivity index (χ4v) is 13.7. The first-order valence-electron chi connectivity index (χ1n) is 28.1. The standard InChI is InChI=1S/C73H44F10N4/c1-70(74,75)46-23-29-58-51(35-46)52-36-47-24-30-59(52)85(58)67-64(43-18-10-4-11-19-43)57(40-84)65(44-20-12-5-13-21-44)68(86-60-31-25-48(72(78,79)80)37-53(60)54-38-49(73(81,82)83)26-32-61(54)86)69(67)87-62-28-22-45(41-14-6-2-7-15-41)34-55(62)66-56(39-71(47,76)77)50(27-33-63(66)87)42-16-8-3-9-17-42/h2-38,50,56H,39H2,1H3. The molecule has 0 fully saturated rings. The van der Waals surface area contributed by atoms with Gasteiger partial charge in [0.25, 0.3) is 11.8 Å². The van der Waals surface area contributed by atoms with E-state index >= 15 is 43.9 Å². The lowest BCUT2D eigenvalue weighted by molar-refractivity contribution is -0.138. The summed E-state index contributed by atoms with van der Waals surface area (Å²) in [6, 6.07) is 59.1. The van der Waals surface area contributed by atoms with E-state index in [9.17, 15) is 5.26 Å². The summed E-state index contributed by atoms with van der Waals surface area (Å²) in [5.74, 6) is -8.69. The smallest absolute Gasteiger partial charge is 0.306 e. The number of nitrogens with zero attached hydrogens (tertiary/aromatic N) is 4. The van der Waals surface area contributed by atoms with E-state index in [0.29, 0.717) is 33.3 Å². The van der Waals surface area contributed by atoms with E-state index in [0.717, 1.165) is 47.9 Å². The Morgan fingerprint density at radius 3 is 1.38 bits per heavy atom. The summed E-state index contributed by atoms with van der Waals surface area (Å²) >= 11 is 0. The summed E-state index contributed by atoms with van der Waals surface area (Å²) in [5, 5.41) is 12.8. The minimum atomic E-state index is -4.94. The normalized spacial score (nSPS) is 15.7. The van der Waals surface area contributed by atoms with Crippen molar-refractivity contribution in [2.75, 3.05) is 0 Å². The molecule has 0 saturated carbocycles. The molecule has 16 rings (SSSR count). The largest absolute Gasteiger partial charge is 0.416 e. The second kappa shape index (κ2) is 19.2. The van der Waals surface area contributed by atoms with Crippen molar-refractivity contribution in [1.82, 2.24) is 13.7 Å². The molecule has 0 spiro atoms. The Bertz CT molecular complexity index is 4990. The van der Waals surface area contributed by atoms with Gasteiger partial charge in [0.1, 0.15) is 6.07 Å². The van der Waals surface area contributed by atoms with Crippen LogP contribution in [0.25, 0.3) is 111 Å². The summed E-state index contributed by atoms with van der Waals surface area (Å²) in [7, 11) is 0. The van der Waals surface area contributed by atoms with Gasteiger partial charge in [0.05, 0.1) is 67.0 Å². The molecule has 1 aliphatic carbocycles. The number of nitriles is 1. The molecular formula is C73H44F10N4. The second-order valence-electron chi connectivity index (χ2n) is 22.5. The number of fused-ring (bicyclic) bond motifs is 7. The molecule has 0 radical (unpaired) electrons. The van der Waals surface area contributed by atoms with E-state index < -0.39 is 59.1 Å². The molecule has 87 heavy (non-hydrogen) atoms. The molecule has 10 aromatic carbocycles. The van der Waals surface area contributed by atoms with E-state index in [1.807, 2.05) is 108 Å². The SMILES string of the molecule is CC(F)(F)c1ccc2c(c1)c1cc3ccc1n2-c1c(-c2ccccc2)c(C#N)c(-c2ccccc2)c(-n2c4ccc(C(F)(F)F)cc4c4cc(C(F)(F)F)ccc42)c1-n1c2c(c4cc(-c5ccccc5)ccc41)C(CC3(F)F)C(c1ccccc1)C=C2. The highest BCUT2D eigenvalue weighted by Gasteiger charge is 2.45. The van der Waals surface area contributed by atoms with Crippen LogP contribution in [0.3, 0.4) is 0 Å². The number of hydrogen-bond donors (Lipinski definition) is 0. The molecule has 13 aromatic rings. The van der Waals surface area contributed by atoms with Crippen molar-refractivity contribution >= 4 is 60.6 Å². The Labute approximate surface area is 490 Å². The quantitative estimate of drug-likeness (QED) is 0.153. The van der Waals surface area contributed by atoms with Crippen LogP contribution in [0.5, 0.6) is 0 Å². The zero-order valence-corrected chi connectivity index (χ0v) is 45.8. The van der Waals surface area contributed by atoms with Crippen molar-refractivity contribution in [3.05, 3.63) is 263 Å². The van der Waals surface area contributed by atoms with Crippen molar-refractivity contribution in [2.45, 2.75) is 49.4 Å². The van der Waals surface area contributed by atoms with Crippen LogP contribution in [0.1, 0.15) is 69.8 Å². The monoisotopic (exact) mass is 1170 g/mol. The van der Waals surface area contributed by atoms with Gasteiger partial charge in [-0.05, 0) is 112 Å². The van der Waals surface area contributed by atoms with Gasteiger partial charge in [-0.1, -0.05) is 146 Å². The van der Waals surface area contributed by atoms with Crippen molar-refractivity contribution < 1.29 is 43.9 Å². The van der Waals surface area contributed by atoms with Crippen molar-refractivity contribution in [1.29, 1.82) is 5.26 Å². The molecule has 0 amide bonds. The van der Waals surface area contributed by atoms with Crippen molar-refractivity contribution in [3.63, 3.8) is 0 Å². The molecule has 2 aliphatic heterocycles. The van der Waals surface area contributed by atoms with E-state index in [-0.39, 0.29) is 82.9 Å². The van der Waals surface area contributed by atoms with Gasteiger partial charge in [0.2, 0.25) is 0 Å². The molecule has 5 heterocycles. The third-order valence-corrected chi connectivity index (χ3v) is 17.5. The molecule has 2 unspecified atom stereocenters. The highest BCUT2D eigenvalue weighted by molar-refractivity contribution is 6.15. The van der Waals surface area contributed by atoms with Gasteiger partial charge in [-0.3, -0.25) is 0 Å². The van der Waals surface area contributed by atoms with Gasteiger partial charge in [0.15, 0.2) is 0 Å². The average Bonchev–Trinajstić information content (AvgIpc) is 1.60. The molecule has 3 aromatic heterocycles. The summed E-state index contributed by atoms with van der Waals surface area (Å²) in [5.41, 5.74) is 3.31. The maximum Gasteiger partial charge on any atom is 0.416 e. The van der Waals surface area contributed by atoms with Crippen molar-refractivity contribution in [3.8, 4) is 56.5 Å². The fourth-order valence-electron chi connectivity index (χ4n) is 13.7. The van der Waals surface area contributed by atoms with E-state index in [1.165, 1.54) is 48.5 Å². The van der Waals surface area contributed by atoms with Gasteiger partial charge in [-0.15, -0.1) is 0 Å². The number of benzene rings is 10. The van der Waals surface area contributed by atoms with E-state index in [4.69, 9.17) is 0 Å². The summed E-state index contributed by atoms with van der Waals surface area (Å²) in [6.07, 6.45) is -6.84. The van der Waals surface area contributed by atoms with Crippen LogP contribution in [0, 0.1) is 11.3 Å². The summed E-state index contributed by atoms with van der Waals surface area (Å²) < 4.78 is 164. The second-order valence-corrected chi connectivity index (χ2v) is 22.5. The predicted octanol–water partition coefficient (Wildman–Crippen LogP) is 21.2. The summed E-state index contributed by atoms with van der Waals surface area (Å²) in [6.45, 7) is 0.744. The van der Waals surface area contributed by atoms with Gasteiger partial charge in [-0.2, -0.15) is 31.6 Å². The van der Waals surface area contributed by atoms with Crippen LogP contribution >= 0.6 is 0 Å². The lowest BCUT2D eigenvalue weighted by atomic mass is 9.73. The van der Waals surface area contributed by atoms with Crippen LogP contribution < -0.4 is 0 Å². The minimum Gasteiger partial charge on any atom is -0.306 e. The van der Waals surface area contributed by atoms with Crippen LogP contribution in [0.4, 0.5) is 43.9 Å². The third kappa shape index (κ3) is 8.33. The average molecular weight is 1170 g/mol. The molecule has 0 saturated heterocycles. The zero-order chi connectivity index (χ0) is 60.1. The molecule has 8 bridgehead atoms. The van der Waals surface area contributed by atoms with Gasteiger partial charge in [0, 0.05) is 74.4 Å². The molecule has 2 atom stereocenters. The minimum absolute atomic E-state index is 0.0170. The van der Waals surface area contributed by atoms with E-state index in [2.05, 4.69) is 6.07 Å². The maximum absolute atomic E-state index is 18.4. The first-order valence-corrected chi connectivity index (χ1v) is 28.1. The number of aromatic nitrogens is 3.